The lowest BCUT2D eigenvalue weighted by Gasteiger charge is -2.01. The summed E-state index contributed by atoms with van der Waals surface area (Å²) >= 11 is 1.27. The van der Waals surface area contributed by atoms with Gasteiger partial charge in [-0.15, -0.1) is 0 Å². The van der Waals surface area contributed by atoms with E-state index in [1.165, 1.54) is 11.3 Å². The second-order valence-electron chi connectivity index (χ2n) is 5.54. The highest BCUT2D eigenvalue weighted by Gasteiger charge is 2.11. The van der Waals surface area contributed by atoms with Crippen LogP contribution in [0, 0.1) is 13.8 Å². The predicted molar refractivity (Wildman–Crippen MR) is 91.9 cm³/mol. The van der Waals surface area contributed by atoms with Gasteiger partial charge in [-0.3, -0.25) is 4.79 Å². The topological polar surface area (TPSA) is 70.2 Å². The summed E-state index contributed by atoms with van der Waals surface area (Å²) in [5.74, 6) is 2.01. The molecule has 0 radical (unpaired) electrons. The van der Waals surface area contributed by atoms with Gasteiger partial charge in [-0.1, -0.05) is 28.6 Å². The molecule has 0 saturated carbocycles. The Labute approximate surface area is 143 Å². The second-order valence-corrected chi connectivity index (χ2v) is 6.71. The molecule has 0 fully saturated rings. The monoisotopic (exact) mass is 345 g/mol. The van der Waals surface area contributed by atoms with Crippen LogP contribution in [-0.4, -0.2) is 21.8 Å². The second kappa shape index (κ2) is 7.00. The molecule has 3 rings (SSSR count). The van der Waals surface area contributed by atoms with Gasteiger partial charge in [-0.2, -0.15) is 4.98 Å². The van der Waals surface area contributed by atoms with E-state index in [1.807, 2.05) is 38.1 Å². The van der Waals surface area contributed by atoms with Gasteiger partial charge in [0.25, 0.3) is 0 Å². The summed E-state index contributed by atoms with van der Waals surface area (Å²) in [5.41, 5.74) is 2.09. The maximum absolute atomic E-state index is 11.9. The average molecular weight is 345 g/mol. The van der Waals surface area contributed by atoms with Crippen LogP contribution >= 0.6 is 11.3 Å². The maximum atomic E-state index is 11.9. The normalized spacial score (nSPS) is 11.0. The van der Waals surface area contributed by atoms with E-state index in [4.69, 9.17) is 9.26 Å². The third-order valence-electron chi connectivity index (χ3n) is 3.96. The Morgan fingerprint density at radius 3 is 2.62 bits per heavy atom. The quantitative estimate of drug-likeness (QED) is 0.687. The van der Waals surface area contributed by atoms with Crippen molar-refractivity contribution >= 4 is 11.3 Å². The predicted octanol–water partition coefficient (Wildman–Crippen LogP) is 2.75. The number of thiazole rings is 1. The minimum absolute atomic E-state index is 0.0583. The number of methoxy groups -OCH3 is 1. The summed E-state index contributed by atoms with van der Waals surface area (Å²) in [6.07, 6.45) is 1.15. The molecule has 0 amide bonds. The lowest BCUT2D eigenvalue weighted by Crippen LogP contribution is -2.16. The van der Waals surface area contributed by atoms with Crippen molar-refractivity contribution in [2.75, 3.05) is 7.11 Å². The summed E-state index contributed by atoms with van der Waals surface area (Å²) in [5, 5.41) is 4.01. The standard InChI is InChI=1S/C17H19N3O3S/c1-11-12(2)24-17(21)20(11)9-8-16-18-15(19-23-16)10-13-4-6-14(22-3)7-5-13/h4-7H,8-10H2,1-3H3. The minimum atomic E-state index is 0.0583. The number of hydrogen-bond acceptors (Lipinski definition) is 6. The molecule has 6 nitrogen and oxygen atoms in total. The van der Waals surface area contributed by atoms with E-state index < -0.39 is 0 Å². The average Bonchev–Trinajstić information content (AvgIpc) is 3.11. The van der Waals surface area contributed by atoms with E-state index in [0.29, 0.717) is 31.1 Å². The van der Waals surface area contributed by atoms with Crippen LogP contribution in [0.1, 0.15) is 27.8 Å². The molecule has 2 heterocycles. The first-order valence-corrected chi connectivity index (χ1v) is 8.49. The Kier molecular flexibility index (Phi) is 4.80. The minimum Gasteiger partial charge on any atom is -0.497 e. The van der Waals surface area contributed by atoms with E-state index in [2.05, 4.69) is 10.1 Å². The molecular formula is C17H19N3O3S. The summed E-state index contributed by atoms with van der Waals surface area (Å²) in [6, 6.07) is 7.77. The van der Waals surface area contributed by atoms with E-state index in [9.17, 15) is 4.79 Å². The van der Waals surface area contributed by atoms with Crippen molar-refractivity contribution in [1.82, 2.24) is 14.7 Å². The molecule has 0 atom stereocenters. The number of rotatable bonds is 6. The third-order valence-corrected chi connectivity index (χ3v) is 4.95. The molecule has 1 aromatic carbocycles. The highest BCUT2D eigenvalue weighted by atomic mass is 32.1. The van der Waals surface area contributed by atoms with Gasteiger partial charge in [0.1, 0.15) is 5.75 Å². The summed E-state index contributed by atoms with van der Waals surface area (Å²) < 4.78 is 12.2. The number of aryl methyl sites for hydroxylation is 2. The van der Waals surface area contributed by atoms with Gasteiger partial charge in [0, 0.05) is 30.0 Å². The van der Waals surface area contributed by atoms with E-state index >= 15 is 0 Å². The van der Waals surface area contributed by atoms with Crippen molar-refractivity contribution in [3.8, 4) is 5.75 Å². The molecule has 2 aromatic heterocycles. The Bertz CT molecular complexity index is 877. The first-order chi connectivity index (χ1) is 11.6. The first-order valence-electron chi connectivity index (χ1n) is 7.68. The smallest absolute Gasteiger partial charge is 0.307 e. The van der Waals surface area contributed by atoms with Crippen molar-refractivity contribution in [3.05, 3.63) is 61.8 Å². The molecule has 7 heteroatoms. The first kappa shape index (κ1) is 16.4. The molecule has 3 aromatic rings. The van der Waals surface area contributed by atoms with Crippen LogP contribution in [0.5, 0.6) is 5.75 Å². The number of hydrogen-bond donors (Lipinski definition) is 0. The molecule has 0 bridgehead atoms. The molecule has 0 unspecified atom stereocenters. The van der Waals surface area contributed by atoms with Gasteiger partial charge >= 0.3 is 4.87 Å². The fourth-order valence-electron chi connectivity index (χ4n) is 2.44. The molecule has 0 aliphatic carbocycles. The molecule has 24 heavy (non-hydrogen) atoms. The molecule has 0 aliphatic rings. The summed E-state index contributed by atoms with van der Waals surface area (Å²) in [6.45, 7) is 4.47. The third kappa shape index (κ3) is 3.56. The van der Waals surface area contributed by atoms with E-state index in [1.54, 1.807) is 11.7 Å². The van der Waals surface area contributed by atoms with Gasteiger partial charge in [-0.25, -0.2) is 0 Å². The lowest BCUT2D eigenvalue weighted by molar-refractivity contribution is 0.366. The van der Waals surface area contributed by atoms with Crippen LogP contribution < -0.4 is 9.61 Å². The SMILES string of the molecule is COc1ccc(Cc2noc(CCn3c(C)c(C)sc3=O)n2)cc1. The van der Waals surface area contributed by atoms with Crippen LogP contribution in [-0.2, 0) is 19.4 Å². The fourth-order valence-corrected chi connectivity index (χ4v) is 3.30. The molecule has 0 N–H and O–H groups in total. The van der Waals surface area contributed by atoms with Crippen LogP contribution in [0.4, 0.5) is 0 Å². The van der Waals surface area contributed by atoms with E-state index in [0.717, 1.165) is 21.9 Å². The molecule has 0 aliphatic heterocycles. The number of benzene rings is 1. The van der Waals surface area contributed by atoms with Crippen molar-refractivity contribution in [3.63, 3.8) is 0 Å². The zero-order chi connectivity index (χ0) is 17.1. The van der Waals surface area contributed by atoms with Crippen molar-refractivity contribution in [2.45, 2.75) is 33.2 Å². The van der Waals surface area contributed by atoms with Crippen molar-refractivity contribution < 1.29 is 9.26 Å². The van der Waals surface area contributed by atoms with Gasteiger partial charge in [0.2, 0.25) is 5.89 Å². The van der Waals surface area contributed by atoms with Crippen molar-refractivity contribution in [1.29, 1.82) is 0 Å². The Morgan fingerprint density at radius 2 is 2.00 bits per heavy atom. The highest BCUT2D eigenvalue weighted by molar-refractivity contribution is 7.09. The fraction of sp³-hybridized carbons (Fsp3) is 0.353. The Balaban J connectivity index is 1.63. The number of aromatic nitrogens is 3. The number of ether oxygens (including phenoxy) is 1. The molecule has 126 valence electrons. The number of nitrogens with zero attached hydrogens (tertiary/aromatic N) is 3. The van der Waals surface area contributed by atoms with Crippen LogP contribution in [0.25, 0.3) is 0 Å². The van der Waals surface area contributed by atoms with Crippen LogP contribution in [0.2, 0.25) is 0 Å². The largest absolute Gasteiger partial charge is 0.497 e. The van der Waals surface area contributed by atoms with Crippen LogP contribution in [0.3, 0.4) is 0 Å². The molecular weight excluding hydrogens is 326 g/mol. The Hall–Kier alpha value is -2.41. The highest BCUT2D eigenvalue weighted by Crippen LogP contribution is 2.14. The van der Waals surface area contributed by atoms with Crippen LogP contribution in [0.15, 0.2) is 33.6 Å². The summed E-state index contributed by atoms with van der Waals surface area (Å²) in [4.78, 5) is 17.4. The Morgan fingerprint density at radius 1 is 1.25 bits per heavy atom. The summed E-state index contributed by atoms with van der Waals surface area (Å²) in [7, 11) is 1.64. The molecule has 0 spiro atoms. The van der Waals surface area contributed by atoms with E-state index in [-0.39, 0.29) is 4.87 Å². The lowest BCUT2D eigenvalue weighted by atomic mass is 10.1. The zero-order valence-corrected chi connectivity index (χ0v) is 14.7. The van der Waals surface area contributed by atoms with Crippen molar-refractivity contribution in [2.24, 2.45) is 0 Å². The zero-order valence-electron chi connectivity index (χ0n) is 13.9. The van der Waals surface area contributed by atoms with Gasteiger partial charge in [0.15, 0.2) is 5.82 Å². The maximum Gasteiger partial charge on any atom is 0.307 e. The van der Waals surface area contributed by atoms with Gasteiger partial charge < -0.3 is 13.8 Å². The van der Waals surface area contributed by atoms with Gasteiger partial charge in [0.05, 0.1) is 7.11 Å². The van der Waals surface area contributed by atoms with Gasteiger partial charge in [-0.05, 0) is 31.5 Å². The molecule has 0 saturated heterocycles.